The predicted octanol–water partition coefficient (Wildman–Crippen LogP) is 2.02. The molecule has 0 unspecified atom stereocenters. The van der Waals surface area contributed by atoms with Crippen molar-refractivity contribution in [2.24, 2.45) is 0 Å². The number of hydrogen-bond donors (Lipinski definition) is 1. The van der Waals surface area contributed by atoms with E-state index in [1.165, 1.54) is 13.2 Å². The van der Waals surface area contributed by atoms with Crippen LogP contribution in [0.5, 0.6) is 0 Å². The van der Waals surface area contributed by atoms with Crippen LogP contribution in [0.1, 0.15) is 6.42 Å². The molecule has 1 N–H and O–H groups in total. The van der Waals surface area contributed by atoms with Crippen LogP contribution in [0.15, 0.2) is 26.7 Å². The second-order valence-corrected chi connectivity index (χ2v) is 3.72. The average Bonchev–Trinajstić information content (AvgIpc) is 2.16. The first-order chi connectivity index (χ1) is 6.60. The highest BCUT2D eigenvalue weighted by atomic mass is 127. The van der Waals surface area contributed by atoms with Gasteiger partial charge in [0.25, 0.3) is 5.70 Å². The Morgan fingerprint density at radius 2 is 2.43 bits per heavy atom. The van der Waals surface area contributed by atoms with Gasteiger partial charge in [-0.25, -0.2) is 0 Å². The van der Waals surface area contributed by atoms with Gasteiger partial charge in [0.1, 0.15) is 5.76 Å². The molecular formula is C8H7IN2O3. The first-order valence-electron chi connectivity index (χ1n) is 3.67. The van der Waals surface area contributed by atoms with Gasteiger partial charge in [0.15, 0.2) is 0 Å². The Balaban J connectivity index is 3.21. The van der Waals surface area contributed by atoms with E-state index >= 15 is 0 Å². The molecule has 74 valence electrons. The quantitative estimate of drug-likeness (QED) is 0.367. The monoisotopic (exact) mass is 306 g/mol. The van der Waals surface area contributed by atoms with Gasteiger partial charge in [0.05, 0.1) is 27.6 Å². The lowest BCUT2D eigenvalue weighted by Crippen LogP contribution is -2.08. The highest BCUT2D eigenvalue weighted by Gasteiger charge is 2.24. The number of nitrogens with zero attached hydrogens (tertiary/aromatic N) is 1. The summed E-state index contributed by atoms with van der Waals surface area (Å²) in [4.78, 5) is 10.1. The highest BCUT2D eigenvalue weighted by molar-refractivity contribution is 14.1. The molecule has 1 aliphatic rings. The predicted molar refractivity (Wildman–Crippen MR) is 59.0 cm³/mol. The first kappa shape index (κ1) is 10.9. The number of allylic oxidation sites excluding steroid dienone is 4. The molecule has 0 aromatic rings. The molecule has 0 spiro atoms. The minimum atomic E-state index is -0.456. The van der Waals surface area contributed by atoms with Crippen molar-refractivity contribution in [2.75, 3.05) is 7.11 Å². The third-order valence-electron chi connectivity index (χ3n) is 1.73. The van der Waals surface area contributed by atoms with Crippen molar-refractivity contribution in [3.63, 3.8) is 0 Å². The molecule has 0 aromatic carbocycles. The Hall–Kier alpha value is -1.14. The van der Waals surface area contributed by atoms with E-state index in [2.05, 4.69) is 5.87 Å². The summed E-state index contributed by atoms with van der Waals surface area (Å²) in [5, 5.41) is 17.5. The summed E-state index contributed by atoms with van der Waals surface area (Å²) >= 11 is 1.94. The molecule has 0 radical (unpaired) electrons. The summed E-state index contributed by atoms with van der Waals surface area (Å²) in [5.41, 5.74) is 0.469. The van der Waals surface area contributed by atoms with Crippen LogP contribution >= 0.6 is 22.6 Å². The molecule has 0 amide bonds. The van der Waals surface area contributed by atoms with Crippen LogP contribution in [0.3, 0.4) is 0 Å². The lowest BCUT2D eigenvalue weighted by Gasteiger charge is -2.12. The minimum Gasteiger partial charge on any atom is -0.495 e. The van der Waals surface area contributed by atoms with E-state index in [9.17, 15) is 10.1 Å². The van der Waals surface area contributed by atoms with Gasteiger partial charge in [-0.15, -0.1) is 0 Å². The van der Waals surface area contributed by atoms with E-state index in [1.54, 1.807) is 0 Å². The van der Waals surface area contributed by atoms with Gasteiger partial charge in [-0.05, 0) is 28.5 Å². The Labute approximate surface area is 93.9 Å². The molecule has 6 heteroatoms. The van der Waals surface area contributed by atoms with Crippen LogP contribution in [-0.4, -0.2) is 17.9 Å². The Bertz CT molecular complexity index is 391. The Morgan fingerprint density at radius 1 is 1.79 bits per heavy atom. The normalized spacial score (nSPS) is 16.1. The molecule has 0 heterocycles. The smallest absolute Gasteiger partial charge is 0.252 e. The third-order valence-corrected chi connectivity index (χ3v) is 2.53. The van der Waals surface area contributed by atoms with Crippen molar-refractivity contribution in [2.45, 2.75) is 6.42 Å². The standard InChI is InChI=1S/C8H7IN2O3/c1-14-8-5(4-10)2-6(11(12)13)3-7(8)9/h3,10H,2H2,1H3. The number of halogens is 1. The van der Waals surface area contributed by atoms with Crippen molar-refractivity contribution in [1.29, 1.82) is 5.41 Å². The molecule has 0 atom stereocenters. The van der Waals surface area contributed by atoms with E-state index in [0.717, 1.165) is 0 Å². The minimum absolute atomic E-state index is 0.0601. The van der Waals surface area contributed by atoms with Crippen LogP contribution < -0.4 is 0 Å². The molecule has 0 aromatic heterocycles. The van der Waals surface area contributed by atoms with Crippen LogP contribution in [0.4, 0.5) is 0 Å². The number of rotatable bonds is 2. The number of nitro groups is 1. The van der Waals surface area contributed by atoms with E-state index < -0.39 is 4.92 Å². The maximum Gasteiger partial charge on any atom is 0.252 e. The van der Waals surface area contributed by atoms with Crippen LogP contribution in [0.2, 0.25) is 0 Å². The largest absolute Gasteiger partial charge is 0.495 e. The molecule has 1 rings (SSSR count). The molecule has 0 saturated heterocycles. The maximum atomic E-state index is 10.5. The molecular weight excluding hydrogens is 299 g/mol. The average molecular weight is 306 g/mol. The van der Waals surface area contributed by atoms with Crippen LogP contribution in [0.25, 0.3) is 0 Å². The number of methoxy groups -OCH3 is 1. The molecule has 0 aliphatic heterocycles. The third kappa shape index (κ3) is 2.02. The Morgan fingerprint density at radius 3 is 2.86 bits per heavy atom. The molecule has 5 nitrogen and oxygen atoms in total. The summed E-state index contributed by atoms with van der Waals surface area (Å²) in [6.45, 7) is 0. The van der Waals surface area contributed by atoms with Gasteiger partial charge in [-0.1, -0.05) is 0 Å². The van der Waals surface area contributed by atoms with Gasteiger partial charge >= 0.3 is 0 Å². The highest BCUT2D eigenvalue weighted by Crippen LogP contribution is 2.31. The number of ether oxygens (including phenoxy) is 1. The Kier molecular flexibility index (Phi) is 3.43. The zero-order valence-corrected chi connectivity index (χ0v) is 9.49. The van der Waals surface area contributed by atoms with Gasteiger partial charge in [-0.3, -0.25) is 15.5 Å². The SMILES string of the molecule is COC1=C(I)C=C([N+](=O)[O-])CC1=C=N. The molecule has 0 fully saturated rings. The van der Waals surface area contributed by atoms with Gasteiger partial charge < -0.3 is 4.74 Å². The van der Waals surface area contributed by atoms with E-state index in [1.807, 2.05) is 22.6 Å². The van der Waals surface area contributed by atoms with Crippen molar-refractivity contribution in [3.05, 3.63) is 36.8 Å². The van der Waals surface area contributed by atoms with Crippen molar-refractivity contribution >= 4 is 28.5 Å². The lowest BCUT2D eigenvalue weighted by molar-refractivity contribution is -0.427. The fraction of sp³-hybridized carbons (Fsp3) is 0.250. The topological polar surface area (TPSA) is 76.2 Å². The zero-order valence-electron chi connectivity index (χ0n) is 7.33. The van der Waals surface area contributed by atoms with Gasteiger partial charge in [0, 0.05) is 6.08 Å². The van der Waals surface area contributed by atoms with Crippen molar-refractivity contribution < 1.29 is 9.66 Å². The fourth-order valence-corrected chi connectivity index (χ4v) is 2.01. The van der Waals surface area contributed by atoms with Gasteiger partial charge in [0.2, 0.25) is 0 Å². The van der Waals surface area contributed by atoms with Crippen LogP contribution in [0, 0.1) is 15.5 Å². The second kappa shape index (κ2) is 4.39. The van der Waals surface area contributed by atoms with Crippen LogP contribution in [-0.2, 0) is 4.74 Å². The van der Waals surface area contributed by atoms with Crippen molar-refractivity contribution in [3.8, 4) is 0 Å². The number of nitrogens with one attached hydrogen (secondary N) is 1. The molecule has 0 bridgehead atoms. The summed E-state index contributed by atoms with van der Waals surface area (Å²) in [6.07, 6.45) is 1.53. The maximum absolute atomic E-state index is 10.5. The van der Waals surface area contributed by atoms with E-state index in [0.29, 0.717) is 14.9 Å². The summed E-state index contributed by atoms with van der Waals surface area (Å²) in [5.74, 6) is 2.65. The second-order valence-electron chi connectivity index (χ2n) is 2.55. The summed E-state index contributed by atoms with van der Waals surface area (Å²) < 4.78 is 5.64. The molecule has 14 heavy (non-hydrogen) atoms. The summed E-state index contributed by atoms with van der Waals surface area (Å²) in [7, 11) is 1.47. The zero-order chi connectivity index (χ0) is 10.7. The van der Waals surface area contributed by atoms with E-state index in [-0.39, 0.29) is 12.1 Å². The van der Waals surface area contributed by atoms with Crippen molar-refractivity contribution in [1.82, 2.24) is 0 Å². The summed E-state index contributed by atoms with van der Waals surface area (Å²) in [6, 6.07) is 0. The lowest BCUT2D eigenvalue weighted by atomic mass is 10.0. The van der Waals surface area contributed by atoms with E-state index in [4.69, 9.17) is 10.1 Å². The molecule has 1 aliphatic carbocycles. The number of hydrogen-bond acceptors (Lipinski definition) is 4. The molecule has 0 saturated carbocycles. The first-order valence-corrected chi connectivity index (χ1v) is 4.75. The fourth-order valence-electron chi connectivity index (χ4n) is 1.11. The van der Waals surface area contributed by atoms with Gasteiger partial charge in [-0.2, -0.15) is 0 Å².